The van der Waals surface area contributed by atoms with E-state index in [9.17, 15) is 4.79 Å². The molecule has 1 N–H and O–H groups in total. The number of hydrogen-bond donors (Lipinski definition) is 1. The molecule has 6 aromatic rings. The standard InChI is InChI=1S/C19H14N8O2S/c1-26-16-12(17-18(26)23-15(30-17)5-14-25-21-9-29-14)7-22-27(19(16)28)8-10-3-2-4-13-11(10)6-20-24-13/h2-4,6-7,9H,5,8H2,1H3,(H,20,24). The highest BCUT2D eigenvalue weighted by atomic mass is 32.1. The van der Waals surface area contributed by atoms with Crippen molar-refractivity contribution in [1.82, 2.24) is 39.7 Å². The van der Waals surface area contributed by atoms with Crippen molar-refractivity contribution in [2.75, 3.05) is 0 Å². The molecule has 1 aromatic carbocycles. The van der Waals surface area contributed by atoms with E-state index in [1.54, 1.807) is 12.4 Å². The predicted octanol–water partition coefficient (Wildman–Crippen LogP) is 2.24. The number of nitrogens with zero attached hydrogens (tertiary/aromatic N) is 7. The van der Waals surface area contributed by atoms with Crippen LogP contribution in [-0.4, -0.2) is 39.7 Å². The van der Waals surface area contributed by atoms with Gasteiger partial charge >= 0.3 is 0 Å². The number of aromatic nitrogens is 8. The van der Waals surface area contributed by atoms with Gasteiger partial charge in [0.25, 0.3) is 5.56 Å². The molecule has 0 aliphatic rings. The minimum Gasteiger partial charge on any atom is -0.428 e. The van der Waals surface area contributed by atoms with Crippen LogP contribution in [0.5, 0.6) is 0 Å². The van der Waals surface area contributed by atoms with Crippen molar-refractivity contribution >= 4 is 43.5 Å². The number of H-pyrrole nitrogens is 1. The van der Waals surface area contributed by atoms with Gasteiger partial charge in [0.05, 0.1) is 35.6 Å². The number of fused-ring (bicyclic) bond motifs is 4. The fourth-order valence-electron chi connectivity index (χ4n) is 3.75. The second kappa shape index (κ2) is 6.32. The topological polar surface area (TPSA) is 120 Å². The highest BCUT2D eigenvalue weighted by molar-refractivity contribution is 7.19. The van der Waals surface area contributed by atoms with E-state index in [1.165, 1.54) is 22.4 Å². The van der Waals surface area contributed by atoms with Gasteiger partial charge in [-0.25, -0.2) is 9.67 Å². The predicted molar refractivity (Wildman–Crippen MR) is 110 cm³/mol. The molecule has 6 rings (SSSR count). The average molecular weight is 418 g/mol. The second-order valence-corrected chi connectivity index (χ2v) is 8.03. The molecule has 0 aliphatic heterocycles. The molecule has 0 amide bonds. The SMILES string of the molecule is Cn1c2nc(Cc3nnco3)sc2c2cnn(Cc3cccc4[nH]ncc34)c(=O)c21. The van der Waals surface area contributed by atoms with Crippen LogP contribution in [0, 0.1) is 0 Å². The van der Waals surface area contributed by atoms with Crippen molar-refractivity contribution in [1.29, 1.82) is 0 Å². The van der Waals surface area contributed by atoms with Gasteiger partial charge in [-0.2, -0.15) is 10.2 Å². The molecule has 5 aromatic heterocycles. The Labute approximate surface area is 171 Å². The van der Waals surface area contributed by atoms with Crippen molar-refractivity contribution in [2.45, 2.75) is 13.0 Å². The monoisotopic (exact) mass is 418 g/mol. The van der Waals surface area contributed by atoms with Crippen molar-refractivity contribution < 1.29 is 4.42 Å². The Morgan fingerprint density at radius 2 is 2.17 bits per heavy atom. The molecule has 0 spiro atoms. The maximum Gasteiger partial charge on any atom is 0.291 e. The molecule has 0 atom stereocenters. The van der Waals surface area contributed by atoms with Gasteiger partial charge in [0.2, 0.25) is 12.3 Å². The van der Waals surface area contributed by atoms with E-state index in [-0.39, 0.29) is 5.56 Å². The molecule has 30 heavy (non-hydrogen) atoms. The number of nitrogens with one attached hydrogen (secondary N) is 1. The fourth-order valence-corrected chi connectivity index (χ4v) is 4.85. The summed E-state index contributed by atoms with van der Waals surface area (Å²) in [7, 11) is 1.85. The van der Waals surface area contributed by atoms with Crippen LogP contribution in [0.3, 0.4) is 0 Å². The summed E-state index contributed by atoms with van der Waals surface area (Å²) in [6.45, 7) is 0.361. The number of thiazole rings is 1. The first-order valence-electron chi connectivity index (χ1n) is 9.19. The van der Waals surface area contributed by atoms with Gasteiger partial charge in [0.1, 0.15) is 10.5 Å². The summed E-state index contributed by atoms with van der Waals surface area (Å²) in [5.41, 5.74) is 3.09. The number of rotatable bonds is 4. The third kappa shape index (κ3) is 2.48. The summed E-state index contributed by atoms with van der Waals surface area (Å²) in [5, 5.41) is 21.7. The Hall–Kier alpha value is -3.86. The summed E-state index contributed by atoms with van der Waals surface area (Å²) in [5.74, 6) is 0.507. The maximum absolute atomic E-state index is 13.2. The van der Waals surface area contributed by atoms with Crippen LogP contribution in [0.15, 0.2) is 46.2 Å². The zero-order valence-corrected chi connectivity index (χ0v) is 16.6. The van der Waals surface area contributed by atoms with Crippen molar-refractivity contribution in [3.63, 3.8) is 0 Å². The van der Waals surface area contributed by atoms with E-state index >= 15 is 0 Å². The van der Waals surface area contributed by atoms with Crippen molar-refractivity contribution in [2.24, 2.45) is 7.05 Å². The first-order chi connectivity index (χ1) is 14.7. The lowest BCUT2D eigenvalue weighted by Gasteiger charge is -2.06. The molecule has 10 nitrogen and oxygen atoms in total. The zero-order chi connectivity index (χ0) is 20.2. The van der Waals surface area contributed by atoms with Crippen LogP contribution in [0.25, 0.3) is 32.2 Å². The fraction of sp³-hybridized carbons (Fsp3) is 0.158. The molecular weight excluding hydrogens is 404 g/mol. The summed E-state index contributed by atoms with van der Waals surface area (Å²) in [4.78, 5) is 17.9. The average Bonchev–Trinajstić information content (AvgIpc) is 3.52. The molecular formula is C19H14N8O2S. The Morgan fingerprint density at radius 1 is 1.23 bits per heavy atom. The molecule has 148 valence electrons. The minimum absolute atomic E-state index is 0.154. The lowest BCUT2D eigenvalue weighted by molar-refractivity contribution is 0.504. The summed E-state index contributed by atoms with van der Waals surface area (Å²) < 4.78 is 9.45. The van der Waals surface area contributed by atoms with Gasteiger partial charge < -0.3 is 8.98 Å². The van der Waals surface area contributed by atoms with Gasteiger partial charge in [-0.3, -0.25) is 9.89 Å². The number of benzene rings is 1. The van der Waals surface area contributed by atoms with Crippen molar-refractivity contribution in [3.8, 4) is 0 Å². The van der Waals surface area contributed by atoms with Gasteiger partial charge in [0.15, 0.2) is 5.65 Å². The molecule has 0 saturated carbocycles. The van der Waals surface area contributed by atoms with Crippen LogP contribution in [-0.2, 0) is 20.0 Å². The third-order valence-corrected chi connectivity index (χ3v) is 6.25. The molecule has 0 saturated heterocycles. The second-order valence-electron chi connectivity index (χ2n) is 6.95. The number of aromatic amines is 1. The van der Waals surface area contributed by atoms with Crippen LogP contribution >= 0.6 is 11.3 Å². The van der Waals surface area contributed by atoms with E-state index < -0.39 is 0 Å². The highest BCUT2D eigenvalue weighted by Crippen LogP contribution is 2.31. The molecule has 0 bridgehead atoms. The van der Waals surface area contributed by atoms with Gasteiger partial charge in [-0.15, -0.1) is 21.5 Å². The first-order valence-corrected chi connectivity index (χ1v) is 10.0. The third-order valence-electron chi connectivity index (χ3n) is 5.17. The maximum atomic E-state index is 13.2. The summed E-state index contributed by atoms with van der Waals surface area (Å²) in [6, 6.07) is 5.87. The van der Waals surface area contributed by atoms with Gasteiger partial charge in [0, 0.05) is 17.8 Å². The lowest BCUT2D eigenvalue weighted by atomic mass is 10.1. The van der Waals surface area contributed by atoms with Crippen molar-refractivity contribution in [3.05, 3.63) is 63.8 Å². The molecule has 5 heterocycles. The Kier molecular flexibility index (Phi) is 3.59. The largest absolute Gasteiger partial charge is 0.428 e. The van der Waals surface area contributed by atoms with Crippen LogP contribution in [0.4, 0.5) is 0 Å². The van der Waals surface area contributed by atoms with E-state index in [1.807, 2.05) is 29.8 Å². The van der Waals surface area contributed by atoms with Gasteiger partial charge in [-0.05, 0) is 11.6 Å². The van der Waals surface area contributed by atoms with E-state index in [4.69, 9.17) is 4.42 Å². The molecule has 11 heteroatoms. The number of aryl methyl sites for hydroxylation is 1. The highest BCUT2D eigenvalue weighted by Gasteiger charge is 2.19. The van der Waals surface area contributed by atoms with E-state index in [0.717, 1.165) is 37.2 Å². The normalized spacial score (nSPS) is 11.9. The van der Waals surface area contributed by atoms with Crippen LogP contribution in [0.1, 0.15) is 16.5 Å². The Morgan fingerprint density at radius 3 is 3.03 bits per heavy atom. The lowest BCUT2D eigenvalue weighted by Crippen LogP contribution is -2.24. The summed E-state index contributed by atoms with van der Waals surface area (Å²) in [6.07, 6.45) is 5.26. The molecule has 0 radical (unpaired) electrons. The first kappa shape index (κ1) is 17.0. The quantitative estimate of drug-likeness (QED) is 0.466. The molecule has 0 fully saturated rings. The zero-order valence-electron chi connectivity index (χ0n) is 15.7. The van der Waals surface area contributed by atoms with Crippen LogP contribution < -0.4 is 5.56 Å². The molecule has 0 aliphatic carbocycles. The van der Waals surface area contributed by atoms with E-state index in [2.05, 4.69) is 30.5 Å². The Balaban J connectivity index is 1.45. The summed E-state index contributed by atoms with van der Waals surface area (Å²) >= 11 is 1.51. The Bertz CT molecular complexity index is 1590. The van der Waals surface area contributed by atoms with Crippen LogP contribution in [0.2, 0.25) is 0 Å². The molecule has 0 unspecified atom stereocenters. The van der Waals surface area contributed by atoms with E-state index in [0.29, 0.717) is 24.4 Å². The minimum atomic E-state index is -0.154. The number of hydrogen-bond acceptors (Lipinski definition) is 8. The smallest absolute Gasteiger partial charge is 0.291 e. The van der Waals surface area contributed by atoms with Gasteiger partial charge in [-0.1, -0.05) is 12.1 Å².